The molecule has 0 bridgehead atoms. The Balaban J connectivity index is 2.13. The highest BCUT2D eigenvalue weighted by Crippen LogP contribution is 2.25. The van der Waals surface area contributed by atoms with Crippen molar-refractivity contribution in [3.8, 4) is 11.5 Å². The number of sulfonamides is 1. The van der Waals surface area contributed by atoms with Crippen molar-refractivity contribution in [2.45, 2.75) is 26.4 Å². The number of ether oxygens (including phenoxy) is 2. The summed E-state index contributed by atoms with van der Waals surface area (Å²) >= 11 is 0. The molecule has 1 amide bonds. The summed E-state index contributed by atoms with van der Waals surface area (Å²) in [7, 11) is -2.18. The average Bonchev–Trinajstić information content (AvgIpc) is 2.66. The number of nitrogens with one attached hydrogen (secondary N) is 1. The second-order valence-electron chi connectivity index (χ2n) is 6.23. The smallest absolute Gasteiger partial charge is 0.243 e. The first-order chi connectivity index (χ1) is 13.3. The first-order valence-electron chi connectivity index (χ1n) is 8.89. The second kappa shape index (κ2) is 9.45. The Morgan fingerprint density at radius 2 is 1.82 bits per heavy atom. The van der Waals surface area contributed by atoms with Gasteiger partial charge in [0, 0.05) is 12.6 Å². The number of amides is 1. The van der Waals surface area contributed by atoms with Crippen molar-refractivity contribution < 1.29 is 22.7 Å². The number of carbonyl (C=O) groups is 1. The van der Waals surface area contributed by atoms with Gasteiger partial charge in [-0.25, -0.2) is 8.42 Å². The van der Waals surface area contributed by atoms with Crippen molar-refractivity contribution in [1.82, 2.24) is 5.32 Å². The largest absolute Gasteiger partial charge is 0.497 e. The number of hydrogen-bond acceptors (Lipinski definition) is 5. The fourth-order valence-electron chi connectivity index (χ4n) is 2.76. The molecule has 7 nitrogen and oxygen atoms in total. The summed E-state index contributed by atoms with van der Waals surface area (Å²) in [6.07, 6.45) is 1.07. The Hall–Kier alpha value is -2.74. The van der Waals surface area contributed by atoms with Gasteiger partial charge in [-0.15, -0.1) is 0 Å². The third-order valence-electron chi connectivity index (χ3n) is 4.10. The Morgan fingerprint density at radius 3 is 2.39 bits per heavy atom. The maximum Gasteiger partial charge on any atom is 0.243 e. The second-order valence-corrected chi connectivity index (χ2v) is 8.09. The molecular formula is C20H26N2O5S. The quantitative estimate of drug-likeness (QED) is 0.692. The number of hydrogen-bond donors (Lipinski definition) is 1. The molecule has 0 heterocycles. The van der Waals surface area contributed by atoms with Crippen LogP contribution in [0.15, 0.2) is 48.5 Å². The summed E-state index contributed by atoms with van der Waals surface area (Å²) in [6.45, 7) is 4.32. The molecular weight excluding hydrogens is 380 g/mol. The highest BCUT2D eigenvalue weighted by atomic mass is 32.2. The van der Waals surface area contributed by atoms with E-state index in [0.717, 1.165) is 21.9 Å². The molecule has 0 unspecified atom stereocenters. The Morgan fingerprint density at radius 1 is 1.14 bits per heavy atom. The van der Waals surface area contributed by atoms with Crippen molar-refractivity contribution in [3.05, 3.63) is 54.1 Å². The van der Waals surface area contributed by atoms with Gasteiger partial charge in [0.15, 0.2) is 0 Å². The monoisotopic (exact) mass is 406 g/mol. The van der Waals surface area contributed by atoms with E-state index in [2.05, 4.69) is 5.32 Å². The van der Waals surface area contributed by atoms with E-state index in [9.17, 15) is 13.2 Å². The van der Waals surface area contributed by atoms with Gasteiger partial charge in [-0.2, -0.15) is 0 Å². The van der Waals surface area contributed by atoms with E-state index in [1.165, 1.54) is 7.11 Å². The van der Waals surface area contributed by atoms with Gasteiger partial charge in [-0.1, -0.05) is 18.2 Å². The van der Waals surface area contributed by atoms with E-state index in [0.29, 0.717) is 18.0 Å². The molecule has 0 aliphatic rings. The zero-order valence-corrected chi connectivity index (χ0v) is 17.3. The zero-order valence-electron chi connectivity index (χ0n) is 16.5. The van der Waals surface area contributed by atoms with Crippen molar-refractivity contribution in [1.29, 1.82) is 0 Å². The molecule has 0 aliphatic carbocycles. The summed E-state index contributed by atoms with van der Waals surface area (Å²) in [6, 6.07) is 13.0. The van der Waals surface area contributed by atoms with Crippen LogP contribution < -0.4 is 19.1 Å². The number of anilines is 1. The van der Waals surface area contributed by atoms with Gasteiger partial charge in [0.05, 0.1) is 25.7 Å². The molecule has 0 aromatic heterocycles. The number of rotatable bonds is 9. The molecule has 8 heteroatoms. The predicted molar refractivity (Wildman–Crippen MR) is 109 cm³/mol. The molecule has 2 rings (SSSR count). The molecule has 1 atom stereocenters. The zero-order chi connectivity index (χ0) is 20.7. The van der Waals surface area contributed by atoms with Crippen LogP contribution in [-0.4, -0.2) is 40.3 Å². The molecule has 0 spiro atoms. The van der Waals surface area contributed by atoms with Gasteiger partial charge in [0.2, 0.25) is 15.9 Å². The molecule has 0 saturated heterocycles. The van der Waals surface area contributed by atoms with Crippen molar-refractivity contribution in [2.24, 2.45) is 0 Å². The van der Waals surface area contributed by atoms with Crippen LogP contribution in [0.2, 0.25) is 0 Å². The Labute approximate surface area is 166 Å². The van der Waals surface area contributed by atoms with E-state index >= 15 is 0 Å². The minimum absolute atomic E-state index is 0.283. The average molecular weight is 407 g/mol. The van der Waals surface area contributed by atoms with Crippen LogP contribution in [0.25, 0.3) is 0 Å². The van der Waals surface area contributed by atoms with Gasteiger partial charge in [0.1, 0.15) is 17.5 Å². The fourth-order valence-corrected chi connectivity index (χ4v) is 3.93. The lowest BCUT2D eigenvalue weighted by Crippen LogP contribution is -2.47. The highest BCUT2D eigenvalue weighted by molar-refractivity contribution is 7.92. The summed E-state index contributed by atoms with van der Waals surface area (Å²) in [5, 5.41) is 2.78. The molecule has 0 radical (unpaired) electrons. The molecule has 0 saturated carbocycles. The van der Waals surface area contributed by atoms with Crippen LogP contribution in [0.5, 0.6) is 11.5 Å². The van der Waals surface area contributed by atoms with Gasteiger partial charge in [-0.05, 0) is 43.7 Å². The van der Waals surface area contributed by atoms with E-state index < -0.39 is 22.0 Å². The molecule has 2 aromatic carbocycles. The third-order valence-corrected chi connectivity index (χ3v) is 5.34. The Kier molecular flexibility index (Phi) is 7.28. The molecule has 1 N–H and O–H groups in total. The maximum atomic E-state index is 12.6. The molecule has 0 fully saturated rings. The van der Waals surface area contributed by atoms with Gasteiger partial charge < -0.3 is 14.8 Å². The number of methoxy groups -OCH3 is 1. The van der Waals surface area contributed by atoms with Crippen LogP contribution >= 0.6 is 0 Å². The van der Waals surface area contributed by atoms with E-state index in [1.54, 1.807) is 31.2 Å². The van der Waals surface area contributed by atoms with Gasteiger partial charge >= 0.3 is 0 Å². The van der Waals surface area contributed by atoms with Gasteiger partial charge in [0.25, 0.3) is 0 Å². The van der Waals surface area contributed by atoms with Crippen LogP contribution in [0, 0.1) is 0 Å². The first kappa shape index (κ1) is 21.6. The van der Waals surface area contributed by atoms with E-state index in [4.69, 9.17) is 9.47 Å². The lowest BCUT2D eigenvalue weighted by molar-refractivity contribution is -0.122. The lowest BCUT2D eigenvalue weighted by Gasteiger charge is -2.28. The van der Waals surface area contributed by atoms with Crippen molar-refractivity contribution >= 4 is 21.6 Å². The molecule has 2 aromatic rings. The fraction of sp³-hybridized carbons (Fsp3) is 0.350. The minimum Gasteiger partial charge on any atom is -0.497 e. The summed E-state index contributed by atoms with van der Waals surface area (Å²) in [5.74, 6) is 0.863. The van der Waals surface area contributed by atoms with Crippen LogP contribution in [-0.2, 0) is 21.4 Å². The standard InChI is InChI=1S/C20H26N2O5S/c1-5-27-18-11-9-16(10-12-18)14-21-20(23)15(2)22(28(4,24)25)17-7-6-8-19(13-17)26-3/h6-13,15H,5,14H2,1-4H3,(H,21,23)/t15-/m1/s1. The molecule has 0 aliphatic heterocycles. The summed E-state index contributed by atoms with van der Waals surface area (Å²) in [5.41, 5.74) is 1.25. The maximum absolute atomic E-state index is 12.6. The minimum atomic E-state index is -3.68. The number of nitrogens with zero attached hydrogens (tertiary/aromatic N) is 1. The summed E-state index contributed by atoms with van der Waals surface area (Å²) < 4.78 is 36.3. The van der Waals surface area contributed by atoms with Crippen LogP contribution in [0.4, 0.5) is 5.69 Å². The van der Waals surface area contributed by atoms with E-state index in [1.807, 2.05) is 31.2 Å². The SMILES string of the molecule is CCOc1ccc(CNC(=O)[C@@H](C)N(c2cccc(OC)c2)S(C)(=O)=O)cc1. The van der Waals surface area contributed by atoms with E-state index in [-0.39, 0.29) is 6.54 Å². The summed E-state index contributed by atoms with van der Waals surface area (Å²) in [4.78, 5) is 12.6. The first-order valence-corrected chi connectivity index (χ1v) is 10.7. The molecule has 28 heavy (non-hydrogen) atoms. The molecule has 152 valence electrons. The van der Waals surface area contributed by atoms with Gasteiger partial charge in [-0.3, -0.25) is 9.10 Å². The number of carbonyl (C=O) groups excluding carboxylic acids is 1. The van der Waals surface area contributed by atoms with Crippen molar-refractivity contribution in [3.63, 3.8) is 0 Å². The highest BCUT2D eigenvalue weighted by Gasteiger charge is 2.29. The topological polar surface area (TPSA) is 84.9 Å². The van der Waals surface area contributed by atoms with Crippen molar-refractivity contribution in [2.75, 3.05) is 24.3 Å². The normalized spacial score (nSPS) is 12.1. The third kappa shape index (κ3) is 5.63. The Bertz CT molecular complexity index is 897. The van der Waals surface area contributed by atoms with Crippen LogP contribution in [0.3, 0.4) is 0 Å². The lowest BCUT2D eigenvalue weighted by atomic mass is 10.2. The predicted octanol–water partition coefficient (Wildman–Crippen LogP) is 2.56. The number of benzene rings is 2. The van der Waals surface area contributed by atoms with Crippen LogP contribution in [0.1, 0.15) is 19.4 Å².